The van der Waals surface area contributed by atoms with Gasteiger partial charge in [-0.1, -0.05) is 18.2 Å². The number of aromatic nitrogens is 2. The van der Waals surface area contributed by atoms with Crippen LogP contribution in [0.25, 0.3) is 0 Å². The Bertz CT molecular complexity index is 510. The lowest BCUT2D eigenvalue weighted by molar-refractivity contribution is 0.395. The minimum absolute atomic E-state index is 0.393. The largest absolute Gasteiger partial charge is 0.496 e. The maximum Gasteiger partial charge on any atom is 0.122 e. The van der Waals surface area contributed by atoms with Crippen LogP contribution in [-0.4, -0.2) is 28.7 Å². The molecule has 1 N–H and O–H groups in total. The Kier molecular flexibility index (Phi) is 5.18. The normalized spacial score (nSPS) is 13.9. The van der Waals surface area contributed by atoms with Crippen LogP contribution in [0.5, 0.6) is 5.75 Å². The van der Waals surface area contributed by atoms with E-state index in [0.717, 1.165) is 18.7 Å². The number of methoxy groups -OCH3 is 1. The highest BCUT2D eigenvalue weighted by atomic mass is 16.5. The standard InChI is InChI=1S/C16H23N3O/c1-13(10-15-6-4-5-7-16(15)20-3)18-14(2)11-19-9-8-17-12-19/h4-9,12-14,18H,10-11H2,1-3H3. The average Bonchev–Trinajstić information content (AvgIpc) is 2.91. The molecule has 0 aliphatic heterocycles. The molecule has 2 atom stereocenters. The number of nitrogens with one attached hydrogen (secondary N) is 1. The molecule has 4 heteroatoms. The van der Waals surface area contributed by atoms with Crippen molar-refractivity contribution in [1.29, 1.82) is 0 Å². The second kappa shape index (κ2) is 7.10. The molecule has 0 fully saturated rings. The van der Waals surface area contributed by atoms with Crippen molar-refractivity contribution in [3.63, 3.8) is 0 Å². The van der Waals surface area contributed by atoms with Gasteiger partial charge in [0.1, 0.15) is 5.75 Å². The molecule has 1 aromatic heterocycles. The van der Waals surface area contributed by atoms with Crippen LogP contribution in [0, 0.1) is 0 Å². The van der Waals surface area contributed by atoms with E-state index in [1.807, 2.05) is 30.9 Å². The monoisotopic (exact) mass is 273 g/mol. The number of hydrogen-bond donors (Lipinski definition) is 1. The Morgan fingerprint density at radius 2 is 2.05 bits per heavy atom. The number of hydrogen-bond acceptors (Lipinski definition) is 3. The fraction of sp³-hybridized carbons (Fsp3) is 0.438. The third-order valence-corrected chi connectivity index (χ3v) is 3.33. The van der Waals surface area contributed by atoms with Crippen molar-refractivity contribution in [1.82, 2.24) is 14.9 Å². The Balaban J connectivity index is 1.87. The van der Waals surface area contributed by atoms with E-state index in [-0.39, 0.29) is 0 Å². The van der Waals surface area contributed by atoms with Gasteiger partial charge in [-0.05, 0) is 31.9 Å². The van der Waals surface area contributed by atoms with Crippen LogP contribution in [0.3, 0.4) is 0 Å². The molecule has 0 saturated carbocycles. The Morgan fingerprint density at radius 1 is 1.25 bits per heavy atom. The summed E-state index contributed by atoms with van der Waals surface area (Å²) in [5, 5.41) is 3.61. The SMILES string of the molecule is COc1ccccc1CC(C)NC(C)Cn1ccnc1. The van der Waals surface area contributed by atoms with E-state index in [0.29, 0.717) is 12.1 Å². The molecule has 1 heterocycles. The molecule has 0 aliphatic carbocycles. The quantitative estimate of drug-likeness (QED) is 0.842. The summed E-state index contributed by atoms with van der Waals surface area (Å²) in [6.07, 6.45) is 6.61. The smallest absolute Gasteiger partial charge is 0.122 e. The fourth-order valence-electron chi connectivity index (χ4n) is 2.51. The van der Waals surface area contributed by atoms with E-state index in [1.54, 1.807) is 7.11 Å². The van der Waals surface area contributed by atoms with Gasteiger partial charge in [-0.3, -0.25) is 0 Å². The molecule has 0 saturated heterocycles. The van der Waals surface area contributed by atoms with Gasteiger partial charge in [0.25, 0.3) is 0 Å². The third kappa shape index (κ3) is 4.10. The summed E-state index contributed by atoms with van der Waals surface area (Å²) in [5.41, 5.74) is 1.24. The first-order valence-electron chi connectivity index (χ1n) is 7.02. The third-order valence-electron chi connectivity index (χ3n) is 3.33. The molecule has 0 bridgehead atoms. The Labute approximate surface area is 120 Å². The van der Waals surface area contributed by atoms with Crippen LogP contribution >= 0.6 is 0 Å². The van der Waals surface area contributed by atoms with E-state index in [1.165, 1.54) is 5.56 Å². The molecule has 4 nitrogen and oxygen atoms in total. The Hall–Kier alpha value is -1.81. The molecule has 2 unspecified atom stereocenters. The first kappa shape index (κ1) is 14.6. The molecule has 0 aliphatic rings. The van der Waals surface area contributed by atoms with E-state index in [9.17, 15) is 0 Å². The van der Waals surface area contributed by atoms with Crippen LogP contribution in [0.4, 0.5) is 0 Å². The van der Waals surface area contributed by atoms with Crippen molar-refractivity contribution in [2.24, 2.45) is 0 Å². The van der Waals surface area contributed by atoms with Crippen molar-refractivity contribution in [2.75, 3.05) is 7.11 Å². The average molecular weight is 273 g/mol. The number of imidazole rings is 1. The zero-order chi connectivity index (χ0) is 14.4. The summed E-state index contributed by atoms with van der Waals surface area (Å²) in [7, 11) is 1.72. The minimum Gasteiger partial charge on any atom is -0.496 e. The van der Waals surface area contributed by atoms with Crippen LogP contribution in [0.1, 0.15) is 19.4 Å². The molecule has 20 heavy (non-hydrogen) atoms. The number of ether oxygens (including phenoxy) is 1. The highest BCUT2D eigenvalue weighted by molar-refractivity contribution is 5.33. The summed E-state index contributed by atoms with van der Waals surface area (Å²) < 4.78 is 7.49. The van der Waals surface area contributed by atoms with Crippen LogP contribution < -0.4 is 10.1 Å². The maximum atomic E-state index is 5.40. The van der Waals surface area contributed by atoms with Gasteiger partial charge in [-0.2, -0.15) is 0 Å². The first-order valence-corrected chi connectivity index (χ1v) is 7.02. The summed E-state index contributed by atoms with van der Waals surface area (Å²) >= 11 is 0. The summed E-state index contributed by atoms with van der Waals surface area (Å²) in [5.74, 6) is 0.961. The predicted octanol–water partition coefficient (Wildman–Crippen LogP) is 2.50. The predicted molar refractivity (Wildman–Crippen MR) is 81.0 cm³/mol. The topological polar surface area (TPSA) is 39.1 Å². The molecule has 2 rings (SSSR count). The van der Waals surface area contributed by atoms with Gasteiger partial charge in [0.15, 0.2) is 0 Å². The van der Waals surface area contributed by atoms with Crippen molar-refractivity contribution >= 4 is 0 Å². The minimum atomic E-state index is 0.393. The number of rotatable bonds is 7. The van der Waals surface area contributed by atoms with Crippen molar-refractivity contribution < 1.29 is 4.74 Å². The van der Waals surface area contributed by atoms with Gasteiger partial charge in [0.2, 0.25) is 0 Å². The van der Waals surface area contributed by atoms with Crippen LogP contribution in [0.2, 0.25) is 0 Å². The van der Waals surface area contributed by atoms with Gasteiger partial charge in [0, 0.05) is 31.0 Å². The zero-order valence-electron chi connectivity index (χ0n) is 12.4. The first-order chi connectivity index (χ1) is 9.69. The van der Waals surface area contributed by atoms with Gasteiger partial charge < -0.3 is 14.6 Å². The number of nitrogens with zero attached hydrogens (tertiary/aromatic N) is 2. The highest BCUT2D eigenvalue weighted by Gasteiger charge is 2.11. The van der Waals surface area contributed by atoms with E-state index >= 15 is 0 Å². The molecule has 0 amide bonds. The van der Waals surface area contributed by atoms with Gasteiger partial charge in [-0.25, -0.2) is 4.98 Å². The number of benzene rings is 1. The molecule has 2 aromatic rings. The van der Waals surface area contributed by atoms with E-state index in [4.69, 9.17) is 4.74 Å². The Morgan fingerprint density at radius 3 is 2.75 bits per heavy atom. The second-order valence-electron chi connectivity index (χ2n) is 5.24. The summed E-state index contributed by atoms with van der Waals surface area (Å²) in [6, 6.07) is 8.98. The van der Waals surface area contributed by atoms with Gasteiger partial charge in [-0.15, -0.1) is 0 Å². The highest BCUT2D eigenvalue weighted by Crippen LogP contribution is 2.18. The maximum absolute atomic E-state index is 5.40. The van der Waals surface area contributed by atoms with Crippen LogP contribution in [0.15, 0.2) is 43.0 Å². The molecular weight excluding hydrogens is 250 g/mol. The lowest BCUT2D eigenvalue weighted by Crippen LogP contribution is -2.38. The summed E-state index contributed by atoms with van der Waals surface area (Å²) in [6.45, 7) is 5.33. The fourth-order valence-corrected chi connectivity index (χ4v) is 2.51. The van der Waals surface area contributed by atoms with E-state index < -0.39 is 0 Å². The number of para-hydroxylation sites is 1. The van der Waals surface area contributed by atoms with Crippen molar-refractivity contribution in [3.8, 4) is 5.75 Å². The second-order valence-corrected chi connectivity index (χ2v) is 5.24. The molecule has 1 aromatic carbocycles. The molecule has 0 spiro atoms. The van der Waals surface area contributed by atoms with Gasteiger partial charge >= 0.3 is 0 Å². The lowest BCUT2D eigenvalue weighted by atomic mass is 10.1. The molecular formula is C16H23N3O. The van der Waals surface area contributed by atoms with Crippen LogP contribution in [-0.2, 0) is 13.0 Å². The lowest BCUT2D eigenvalue weighted by Gasteiger charge is -2.21. The van der Waals surface area contributed by atoms with Crippen molar-refractivity contribution in [2.45, 2.75) is 38.9 Å². The summed E-state index contributed by atoms with van der Waals surface area (Å²) in [4.78, 5) is 4.06. The van der Waals surface area contributed by atoms with Crippen molar-refractivity contribution in [3.05, 3.63) is 48.5 Å². The van der Waals surface area contributed by atoms with E-state index in [2.05, 4.69) is 40.8 Å². The molecule has 0 radical (unpaired) electrons. The van der Waals surface area contributed by atoms with Gasteiger partial charge in [0.05, 0.1) is 13.4 Å². The zero-order valence-corrected chi connectivity index (χ0v) is 12.4. The molecule has 108 valence electrons.